The van der Waals surface area contributed by atoms with Crippen LogP contribution in [-0.2, 0) is 6.54 Å². The molecule has 0 radical (unpaired) electrons. The molecule has 0 amide bonds. The number of rotatable bonds is 3. The van der Waals surface area contributed by atoms with E-state index in [4.69, 9.17) is 5.73 Å². The van der Waals surface area contributed by atoms with Gasteiger partial charge in [-0.15, -0.1) is 0 Å². The molecule has 1 rings (SSSR count). The molecule has 0 aliphatic carbocycles. The molecule has 4 heteroatoms. The topological polar surface area (TPSA) is 64.1 Å². The lowest BCUT2D eigenvalue weighted by molar-refractivity contribution is 0.186. The zero-order valence-corrected chi connectivity index (χ0v) is 7.49. The number of hydrogen-bond donors (Lipinski definition) is 2. The second kappa shape index (κ2) is 3.69. The fourth-order valence-corrected chi connectivity index (χ4v) is 1.15. The summed E-state index contributed by atoms with van der Waals surface area (Å²) in [5, 5.41) is 13.6. The van der Waals surface area contributed by atoms with E-state index in [1.807, 2.05) is 20.0 Å². The molecule has 1 aromatic heterocycles. The van der Waals surface area contributed by atoms with E-state index in [0.717, 1.165) is 17.8 Å². The third kappa shape index (κ3) is 1.65. The molecular formula is C8H15N3O. The predicted molar refractivity (Wildman–Crippen MR) is 46.7 cm³/mol. The standard InChI is InChI=1S/C8H15N3O/c1-3-11-5-7(6(2)10-11)8(12)4-9/h5,8,12H,3-4,9H2,1-2H3. The van der Waals surface area contributed by atoms with Crippen molar-refractivity contribution in [2.45, 2.75) is 26.5 Å². The quantitative estimate of drug-likeness (QED) is 0.679. The normalized spacial score (nSPS) is 13.3. The molecule has 0 aromatic carbocycles. The highest BCUT2D eigenvalue weighted by Gasteiger charge is 2.11. The van der Waals surface area contributed by atoms with Gasteiger partial charge in [0.1, 0.15) is 0 Å². The molecule has 0 aliphatic heterocycles. The molecule has 0 fully saturated rings. The first-order chi connectivity index (χ1) is 5.69. The zero-order valence-electron chi connectivity index (χ0n) is 7.49. The first kappa shape index (κ1) is 9.22. The number of aliphatic hydroxyl groups excluding tert-OH is 1. The molecule has 68 valence electrons. The first-order valence-corrected chi connectivity index (χ1v) is 4.11. The molecule has 4 nitrogen and oxygen atoms in total. The second-order valence-corrected chi connectivity index (χ2v) is 2.78. The van der Waals surface area contributed by atoms with Crippen molar-refractivity contribution in [3.8, 4) is 0 Å². The largest absolute Gasteiger partial charge is 0.387 e. The van der Waals surface area contributed by atoms with E-state index in [1.165, 1.54) is 0 Å². The Bertz CT molecular complexity index is 257. The summed E-state index contributed by atoms with van der Waals surface area (Å²) in [6.07, 6.45) is 1.26. The summed E-state index contributed by atoms with van der Waals surface area (Å²) in [5.74, 6) is 0. The molecule has 1 heterocycles. The predicted octanol–water partition coefficient (Wildman–Crippen LogP) is 0.204. The summed E-state index contributed by atoms with van der Waals surface area (Å²) >= 11 is 0. The Balaban J connectivity index is 2.91. The summed E-state index contributed by atoms with van der Waals surface area (Å²) in [5.41, 5.74) is 7.03. The van der Waals surface area contributed by atoms with Gasteiger partial charge in [0.05, 0.1) is 11.8 Å². The average Bonchev–Trinajstić information content (AvgIpc) is 2.45. The van der Waals surface area contributed by atoms with Crippen LogP contribution < -0.4 is 5.73 Å². The lowest BCUT2D eigenvalue weighted by Crippen LogP contribution is -2.11. The van der Waals surface area contributed by atoms with Gasteiger partial charge < -0.3 is 10.8 Å². The van der Waals surface area contributed by atoms with E-state index in [1.54, 1.807) is 4.68 Å². The molecule has 1 atom stereocenters. The monoisotopic (exact) mass is 169 g/mol. The maximum Gasteiger partial charge on any atom is 0.0945 e. The van der Waals surface area contributed by atoms with Crippen LogP contribution in [0.15, 0.2) is 6.20 Å². The van der Waals surface area contributed by atoms with Crippen LogP contribution in [0, 0.1) is 6.92 Å². The summed E-state index contributed by atoms with van der Waals surface area (Å²) in [4.78, 5) is 0. The van der Waals surface area contributed by atoms with Crippen molar-refractivity contribution < 1.29 is 5.11 Å². The van der Waals surface area contributed by atoms with Crippen LogP contribution in [0.2, 0.25) is 0 Å². The number of aromatic nitrogens is 2. The SMILES string of the molecule is CCn1cc(C(O)CN)c(C)n1. The van der Waals surface area contributed by atoms with Crippen molar-refractivity contribution >= 4 is 0 Å². The van der Waals surface area contributed by atoms with Gasteiger partial charge >= 0.3 is 0 Å². The van der Waals surface area contributed by atoms with Crippen LogP contribution in [0.3, 0.4) is 0 Å². The summed E-state index contributed by atoms with van der Waals surface area (Å²) in [6, 6.07) is 0. The van der Waals surface area contributed by atoms with Crippen molar-refractivity contribution in [3.63, 3.8) is 0 Å². The van der Waals surface area contributed by atoms with Crippen LogP contribution in [0.5, 0.6) is 0 Å². The number of hydrogen-bond acceptors (Lipinski definition) is 3. The number of aryl methyl sites for hydroxylation is 2. The van der Waals surface area contributed by atoms with E-state index in [0.29, 0.717) is 0 Å². The van der Waals surface area contributed by atoms with Crippen LogP contribution in [0.25, 0.3) is 0 Å². The highest BCUT2D eigenvalue weighted by Crippen LogP contribution is 2.14. The number of nitrogens with two attached hydrogens (primary N) is 1. The van der Waals surface area contributed by atoms with Gasteiger partial charge in [-0.2, -0.15) is 5.10 Å². The van der Waals surface area contributed by atoms with Crippen molar-refractivity contribution in [2.24, 2.45) is 5.73 Å². The zero-order chi connectivity index (χ0) is 9.14. The number of aliphatic hydroxyl groups is 1. The minimum absolute atomic E-state index is 0.246. The van der Waals surface area contributed by atoms with Gasteiger partial charge in [0.2, 0.25) is 0 Å². The Kier molecular flexibility index (Phi) is 2.83. The van der Waals surface area contributed by atoms with Crippen LogP contribution in [0.1, 0.15) is 24.3 Å². The highest BCUT2D eigenvalue weighted by molar-refractivity contribution is 5.18. The van der Waals surface area contributed by atoms with Gasteiger partial charge in [-0.1, -0.05) is 0 Å². The molecule has 0 bridgehead atoms. The van der Waals surface area contributed by atoms with Gasteiger partial charge in [-0.25, -0.2) is 0 Å². The van der Waals surface area contributed by atoms with Gasteiger partial charge in [-0.3, -0.25) is 4.68 Å². The summed E-state index contributed by atoms with van der Waals surface area (Å²) in [7, 11) is 0. The lowest BCUT2D eigenvalue weighted by Gasteiger charge is -2.04. The minimum atomic E-state index is -0.578. The Hall–Kier alpha value is -0.870. The smallest absolute Gasteiger partial charge is 0.0945 e. The Labute approximate surface area is 72.0 Å². The van der Waals surface area contributed by atoms with Crippen molar-refractivity contribution in [1.29, 1.82) is 0 Å². The number of nitrogens with zero attached hydrogens (tertiary/aromatic N) is 2. The molecule has 0 spiro atoms. The van der Waals surface area contributed by atoms with Crippen molar-refractivity contribution in [3.05, 3.63) is 17.5 Å². The molecule has 0 saturated carbocycles. The van der Waals surface area contributed by atoms with Crippen molar-refractivity contribution in [2.75, 3.05) is 6.54 Å². The van der Waals surface area contributed by atoms with Gasteiger partial charge in [0.25, 0.3) is 0 Å². The third-order valence-electron chi connectivity index (χ3n) is 1.89. The van der Waals surface area contributed by atoms with Crippen LogP contribution in [-0.4, -0.2) is 21.4 Å². The maximum atomic E-state index is 9.44. The third-order valence-corrected chi connectivity index (χ3v) is 1.89. The molecule has 0 aliphatic rings. The van der Waals surface area contributed by atoms with Gasteiger partial charge in [0, 0.05) is 24.8 Å². The van der Waals surface area contributed by atoms with E-state index < -0.39 is 6.10 Å². The molecular weight excluding hydrogens is 154 g/mol. The molecule has 0 saturated heterocycles. The maximum absolute atomic E-state index is 9.44. The minimum Gasteiger partial charge on any atom is -0.387 e. The lowest BCUT2D eigenvalue weighted by atomic mass is 10.1. The molecule has 3 N–H and O–H groups in total. The van der Waals surface area contributed by atoms with Crippen molar-refractivity contribution in [1.82, 2.24) is 9.78 Å². The van der Waals surface area contributed by atoms with E-state index in [2.05, 4.69) is 5.10 Å². The van der Waals surface area contributed by atoms with E-state index in [9.17, 15) is 5.11 Å². The second-order valence-electron chi connectivity index (χ2n) is 2.78. The van der Waals surface area contributed by atoms with E-state index >= 15 is 0 Å². The molecule has 1 unspecified atom stereocenters. The Morgan fingerprint density at radius 2 is 2.42 bits per heavy atom. The Morgan fingerprint density at radius 1 is 1.75 bits per heavy atom. The summed E-state index contributed by atoms with van der Waals surface area (Å²) < 4.78 is 1.80. The summed E-state index contributed by atoms with van der Waals surface area (Å²) in [6.45, 7) is 4.94. The fourth-order valence-electron chi connectivity index (χ4n) is 1.15. The van der Waals surface area contributed by atoms with Crippen LogP contribution >= 0.6 is 0 Å². The van der Waals surface area contributed by atoms with E-state index in [-0.39, 0.29) is 6.54 Å². The average molecular weight is 169 g/mol. The fraction of sp³-hybridized carbons (Fsp3) is 0.625. The first-order valence-electron chi connectivity index (χ1n) is 4.11. The van der Waals surface area contributed by atoms with Crippen LogP contribution in [0.4, 0.5) is 0 Å². The Morgan fingerprint density at radius 3 is 2.83 bits per heavy atom. The molecule has 1 aromatic rings. The highest BCUT2D eigenvalue weighted by atomic mass is 16.3. The van der Waals surface area contributed by atoms with Gasteiger partial charge in [-0.05, 0) is 13.8 Å². The molecule has 12 heavy (non-hydrogen) atoms. The van der Waals surface area contributed by atoms with Gasteiger partial charge in [0.15, 0.2) is 0 Å².